The van der Waals surface area contributed by atoms with Crippen LogP contribution in [-0.2, 0) is 0 Å². The third-order valence-corrected chi connectivity index (χ3v) is 2.11. The van der Waals surface area contributed by atoms with Gasteiger partial charge in [-0.3, -0.25) is 0 Å². The molecule has 1 rings (SSSR count). The second-order valence-corrected chi connectivity index (χ2v) is 3.20. The largest absolute Gasteiger partial charge is 0.478 e. The molecule has 1 unspecified atom stereocenters. The Balaban J connectivity index is 3.34. The van der Waals surface area contributed by atoms with E-state index in [-0.39, 0.29) is 5.56 Å². The zero-order valence-corrected chi connectivity index (χ0v) is 7.95. The maximum atomic E-state index is 10.8. The molecular formula is C9H10O3S. The van der Waals surface area contributed by atoms with Gasteiger partial charge in [-0.25, -0.2) is 4.79 Å². The van der Waals surface area contributed by atoms with Crippen molar-refractivity contribution in [1.29, 1.82) is 0 Å². The number of carboxylic acid groups (broad SMARTS) is 1. The quantitative estimate of drug-likeness (QED) is 0.634. The minimum Gasteiger partial charge on any atom is -0.478 e. The number of aliphatic hydroxyl groups excluding tert-OH is 1. The van der Waals surface area contributed by atoms with E-state index in [1.165, 1.54) is 6.92 Å². The van der Waals surface area contributed by atoms with Crippen LogP contribution in [0.2, 0.25) is 0 Å². The predicted molar refractivity (Wildman–Crippen MR) is 51.3 cm³/mol. The summed E-state index contributed by atoms with van der Waals surface area (Å²) in [6.45, 7) is 1.52. The standard InChI is InChI=1S/C9H10O3S/c1-5(10)6-3-2-4-7(13)8(6)9(11)12/h2-5,10,13H,1H3,(H,11,12). The van der Waals surface area contributed by atoms with Crippen molar-refractivity contribution in [2.45, 2.75) is 17.9 Å². The number of benzene rings is 1. The third kappa shape index (κ3) is 2.02. The second kappa shape index (κ2) is 3.81. The molecular weight excluding hydrogens is 188 g/mol. The second-order valence-electron chi connectivity index (χ2n) is 2.72. The van der Waals surface area contributed by atoms with Crippen molar-refractivity contribution in [3.05, 3.63) is 29.3 Å². The molecule has 0 saturated carbocycles. The fourth-order valence-corrected chi connectivity index (χ4v) is 1.45. The maximum Gasteiger partial charge on any atom is 0.337 e. The van der Waals surface area contributed by atoms with Gasteiger partial charge in [0.05, 0.1) is 11.7 Å². The monoisotopic (exact) mass is 198 g/mol. The van der Waals surface area contributed by atoms with Crippen LogP contribution in [0.25, 0.3) is 0 Å². The molecule has 0 heterocycles. The van der Waals surface area contributed by atoms with Crippen LogP contribution >= 0.6 is 12.6 Å². The Morgan fingerprint density at radius 1 is 1.54 bits per heavy atom. The fourth-order valence-electron chi connectivity index (χ4n) is 1.14. The van der Waals surface area contributed by atoms with Crippen molar-refractivity contribution >= 4 is 18.6 Å². The lowest BCUT2D eigenvalue weighted by Crippen LogP contribution is -2.06. The van der Waals surface area contributed by atoms with Gasteiger partial charge in [-0.1, -0.05) is 12.1 Å². The summed E-state index contributed by atoms with van der Waals surface area (Å²) in [4.78, 5) is 11.2. The molecule has 0 aliphatic carbocycles. The van der Waals surface area contributed by atoms with Gasteiger partial charge in [-0.15, -0.1) is 12.6 Å². The lowest BCUT2D eigenvalue weighted by atomic mass is 10.0. The van der Waals surface area contributed by atoms with Crippen LogP contribution in [0.3, 0.4) is 0 Å². The van der Waals surface area contributed by atoms with E-state index < -0.39 is 12.1 Å². The summed E-state index contributed by atoms with van der Waals surface area (Å²) < 4.78 is 0. The molecule has 0 aromatic heterocycles. The molecule has 0 radical (unpaired) electrons. The minimum atomic E-state index is -1.07. The minimum absolute atomic E-state index is 0.0702. The molecule has 1 atom stereocenters. The molecule has 3 nitrogen and oxygen atoms in total. The van der Waals surface area contributed by atoms with Gasteiger partial charge in [-0.05, 0) is 18.6 Å². The molecule has 1 aromatic rings. The number of aromatic carboxylic acids is 1. The molecule has 0 amide bonds. The Morgan fingerprint density at radius 2 is 2.15 bits per heavy atom. The summed E-state index contributed by atoms with van der Waals surface area (Å²) in [5.74, 6) is -1.07. The number of rotatable bonds is 2. The number of thiol groups is 1. The molecule has 0 fully saturated rings. The van der Waals surface area contributed by atoms with E-state index in [0.29, 0.717) is 10.5 Å². The van der Waals surface area contributed by atoms with Gasteiger partial charge in [-0.2, -0.15) is 0 Å². The Morgan fingerprint density at radius 3 is 2.54 bits per heavy atom. The molecule has 0 bridgehead atoms. The number of carboxylic acids is 1. The van der Waals surface area contributed by atoms with E-state index in [9.17, 15) is 9.90 Å². The van der Waals surface area contributed by atoms with Crippen LogP contribution in [0.15, 0.2) is 23.1 Å². The highest BCUT2D eigenvalue weighted by molar-refractivity contribution is 7.80. The molecule has 70 valence electrons. The van der Waals surface area contributed by atoms with Gasteiger partial charge >= 0.3 is 5.97 Å². The van der Waals surface area contributed by atoms with Crippen molar-refractivity contribution in [3.63, 3.8) is 0 Å². The fraction of sp³-hybridized carbons (Fsp3) is 0.222. The summed E-state index contributed by atoms with van der Waals surface area (Å²) in [7, 11) is 0. The van der Waals surface area contributed by atoms with E-state index in [4.69, 9.17) is 5.11 Å². The first-order valence-electron chi connectivity index (χ1n) is 3.77. The van der Waals surface area contributed by atoms with Crippen molar-refractivity contribution < 1.29 is 15.0 Å². The van der Waals surface area contributed by atoms with Crippen LogP contribution in [0, 0.1) is 0 Å². The Kier molecular flexibility index (Phi) is 2.95. The number of hydrogen-bond donors (Lipinski definition) is 3. The molecule has 13 heavy (non-hydrogen) atoms. The number of aliphatic hydroxyl groups is 1. The third-order valence-electron chi connectivity index (χ3n) is 1.74. The molecule has 0 aliphatic rings. The zero-order chi connectivity index (χ0) is 10.0. The first kappa shape index (κ1) is 10.1. The summed E-state index contributed by atoms with van der Waals surface area (Å²) in [6, 6.07) is 4.82. The highest BCUT2D eigenvalue weighted by atomic mass is 32.1. The van der Waals surface area contributed by atoms with Crippen molar-refractivity contribution in [3.8, 4) is 0 Å². The Labute approximate surface area is 81.4 Å². The van der Waals surface area contributed by atoms with E-state index in [1.807, 2.05) is 0 Å². The highest BCUT2D eigenvalue weighted by Crippen LogP contribution is 2.23. The first-order valence-corrected chi connectivity index (χ1v) is 4.22. The smallest absolute Gasteiger partial charge is 0.337 e. The van der Waals surface area contributed by atoms with Gasteiger partial charge in [0.15, 0.2) is 0 Å². The van der Waals surface area contributed by atoms with Gasteiger partial charge < -0.3 is 10.2 Å². The summed E-state index contributed by atoms with van der Waals surface area (Å²) >= 11 is 4.01. The topological polar surface area (TPSA) is 57.5 Å². The predicted octanol–water partition coefficient (Wildman–Crippen LogP) is 1.73. The molecule has 0 spiro atoms. The van der Waals surface area contributed by atoms with Crippen molar-refractivity contribution in [2.75, 3.05) is 0 Å². The summed E-state index contributed by atoms with van der Waals surface area (Å²) in [5.41, 5.74) is 0.459. The average Bonchev–Trinajstić information content (AvgIpc) is 2.02. The van der Waals surface area contributed by atoms with Gasteiger partial charge in [0.25, 0.3) is 0 Å². The van der Waals surface area contributed by atoms with E-state index in [1.54, 1.807) is 18.2 Å². The van der Waals surface area contributed by atoms with Crippen molar-refractivity contribution in [1.82, 2.24) is 0 Å². The normalized spacial score (nSPS) is 12.5. The van der Waals surface area contributed by atoms with Crippen LogP contribution in [-0.4, -0.2) is 16.2 Å². The van der Waals surface area contributed by atoms with Gasteiger partial charge in [0.2, 0.25) is 0 Å². The zero-order valence-electron chi connectivity index (χ0n) is 7.06. The van der Waals surface area contributed by atoms with Gasteiger partial charge in [0.1, 0.15) is 0 Å². The average molecular weight is 198 g/mol. The number of carbonyl (C=O) groups is 1. The van der Waals surface area contributed by atoms with Gasteiger partial charge in [0, 0.05) is 4.90 Å². The van der Waals surface area contributed by atoms with E-state index >= 15 is 0 Å². The molecule has 4 heteroatoms. The first-order chi connectivity index (χ1) is 6.04. The lowest BCUT2D eigenvalue weighted by Gasteiger charge is -2.09. The molecule has 2 N–H and O–H groups in total. The Bertz CT molecular complexity index is 334. The van der Waals surface area contributed by atoms with Crippen LogP contribution < -0.4 is 0 Å². The van der Waals surface area contributed by atoms with Crippen LogP contribution in [0.1, 0.15) is 28.9 Å². The SMILES string of the molecule is CC(O)c1cccc(S)c1C(=O)O. The van der Waals surface area contributed by atoms with E-state index in [2.05, 4.69) is 12.6 Å². The Hall–Kier alpha value is -1.00. The highest BCUT2D eigenvalue weighted by Gasteiger charge is 2.15. The number of hydrogen-bond acceptors (Lipinski definition) is 3. The van der Waals surface area contributed by atoms with E-state index in [0.717, 1.165) is 0 Å². The lowest BCUT2D eigenvalue weighted by molar-refractivity contribution is 0.0686. The van der Waals surface area contributed by atoms with Crippen LogP contribution in [0.5, 0.6) is 0 Å². The maximum absolute atomic E-state index is 10.8. The molecule has 0 saturated heterocycles. The summed E-state index contributed by atoms with van der Waals surface area (Å²) in [6.07, 6.45) is -0.793. The van der Waals surface area contributed by atoms with Crippen molar-refractivity contribution in [2.24, 2.45) is 0 Å². The van der Waals surface area contributed by atoms with Crippen LogP contribution in [0.4, 0.5) is 0 Å². The molecule has 0 aliphatic heterocycles. The molecule has 1 aromatic carbocycles. The summed E-state index contributed by atoms with van der Waals surface area (Å²) in [5, 5.41) is 18.1.